The molecule has 6 heteroatoms. The molecular formula is C14H13FN2O2S. The number of ether oxygens (including phenoxy) is 1. The van der Waals surface area contributed by atoms with Crippen LogP contribution in [-0.2, 0) is 4.74 Å². The van der Waals surface area contributed by atoms with Crippen LogP contribution in [0.1, 0.15) is 9.67 Å². The smallest absolute Gasteiger partial charge is 0.265 e. The van der Waals surface area contributed by atoms with E-state index < -0.39 is 0 Å². The van der Waals surface area contributed by atoms with Crippen molar-refractivity contribution in [2.45, 2.75) is 0 Å². The van der Waals surface area contributed by atoms with Gasteiger partial charge in [0.15, 0.2) is 0 Å². The average Bonchev–Trinajstić information content (AvgIpc) is 2.97. The number of benzene rings is 1. The van der Waals surface area contributed by atoms with Crippen LogP contribution in [0.2, 0.25) is 0 Å². The molecular weight excluding hydrogens is 279 g/mol. The highest BCUT2D eigenvalue weighted by molar-refractivity contribution is 7.16. The van der Waals surface area contributed by atoms with E-state index in [1.807, 2.05) is 0 Å². The first-order valence-electron chi connectivity index (χ1n) is 6.33. The van der Waals surface area contributed by atoms with E-state index in [9.17, 15) is 9.18 Å². The van der Waals surface area contributed by atoms with Gasteiger partial charge in [-0.2, -0.15) is 0 Å². The van der Waals surface area contributed by atoms with Gasteiger partial charge in [-0.25, -0.2) is 9.37 Å². The van der Waals surface area contributed by atoms with Crippen LogP contribution < -0.4 is 0 Å². The topological polar surface area (TPSA) is 42.4 Å². The largest absolute Gasteiger partial charge is 0.378 e. The lowest BCUT2D eigenvalue weighted by Crippen LogP contribution is -2.40. The SMILES string of the molecule is O=C(c1cnc(-c2cccc(F)c2)s1)N1CCOCC1. The Labute approximate surface area is 119 Å². The first-order chi connectivity index (χ1) is 9.74. The van der Waals surface area contributed by atoms with Crippen LogP contribution in [-0.4, -0.2) is 42.1 Å². The number of thiazole rings is 1. The van der Waals surface area contributed by atoms with Gasteiger partial charge in [0, 0.05) is 18.7 Å². The minimum absolute atomic E-state index is 0.0338. The van der Waals surface area contributed by atoms with Crippen molar-refractivity contribution in [2.75, 3.05) is 26.3 Å². The van der Waals surface area contributed by atoms with Gasteiger partial charge in [-0.15, -0.1) is 11.3 Å². The molecule has 0 N–H and O–H groups in total. The number of amides is 1. The Morgan fingerprint density at radius 3 is 2.90 bits per heavy atom. The minimum atomic E-state index is -0.307. The molecule has 0 radical (unpaired) electrons. The van der Waals surface area contributed by atoms with Crippen LogP contribution in [0, 0.1) is 5.82 Å². The number of aromatic nitrogens is 1. The van der Waals surface area contributed by atoms with E-state index in [-0.39, 0.29) is 11.7 Å². The van der Waals surface area contributed by atoms with Gasteiger partial charge in [-0.1, -0.05) is 12.1 Å². The molecule has 1 fully saturated rings. The Kier molecular flexibility index (Phi) is 3.75. The predicted molar refractivity (Wildman–Crippen MR) is 74.2 cm³/mol. The molecule has 104 valence electrons. The second-order valence-corrected chi connectivity index (χ2v) is 5.48. The van der Waals surface area contributed by atoms with Crippen LogP contribution in [0.5, 0.6) is 0 Å². The van der Waals surface area contributed by atoms with Crippen LogP contribution in [0.3, 0.4) is 0 Å². The zero-order chi connectivity index (χ0) is 13.9. The first-order valence-corrected chi connectivity index (χ1v) is 7.14. The number of halogens is 1. The van der Waals surface area contributed by atoms with Crippen molar-refractivity contribution in [1.29, 1.82) is 0 Å². The molecule has 0 atom stereocenters. The quantitative estimate of drug-likeness (QED) is 0.853. The van der Waals surface area contributed by atoms with E-state index in [4.69, 9.17) is 4.74 Å². The van der Waals surface area contributed by atoms with Gasteiger partial charge in [0.25, 0.3) is 5.91 Å². The molecule has 1 saturated heterocycles. The summed E-state index contributed by atoms with van der Waals surface area (Å²) in [5.74, 6) is -0.341. The van der Waals surface area contributed by atoms with Crippen molar-refractivity contribution in [3.05, 3.63) is 41.2 Å². The van der Waals surface area contributed by atoms with Crippen molar-refractivity contribution in [2.24, 2.45) is 0 Å². The van der Waals surface area contributed by atoms with Crippen molar-refractivity contribution < 1.29 is 13.9 Å². The molecule has 1 aliphatic heterocycles. The summed E-state index contributed by atoms with van der Waals surface area (Å²) in [6, 6.07) is 6.22. The van der Waals surface area contributed by atoms with Crippen molar-refractivity contribution >= 4 is 17.2 Å². The fourth-order valence-electron chi connectivity index (χ4n) is 2.05. The van der Waals surface area contributed by atoms with Gasteiger partial charge in [0.2, 0.25) is 0 Å². The lowest BCUT2D eigenvalue weighted by molar-refractivity contribution is 0.0306. The van der Waals surface area contributed by atoms with E-state index in [1.54, 1.807) is 23.2 Å². The van der Waals surface area contributed by atoms with Gasteiger partial charge in [0.1, 0.15) is 15.7 Å². The van der Waals surface area contributed by atoms with Crippen LogP contribution >= 0.6 is 11.3 Å². The Balaban J connectivity index is 1.81. The number of nitrogens with zero attached hydrogens (tertiary/aromatic N) is 2. The molecule has 1 aliphatic rings. The second kappa shape index (κ2) is 5.68. The summed E-state index contributed by atoms with van der Waals surface area (Å²) in [6.45, 7) is 2.35. The maximum atomic E-state index is 13.2. The lowest BCUT2D eigenvalue weighted by atomic mass is 10.2. The maximum absolute atomic E-state index is 13.2. The molecule has 2 aromatic rings. The third-order valence-electron chi connectivity index (χ3n) is 3.09. The molecule has 1 aromatic heterocycles. The molecule has 1 aromatic carbocycles. The first kappa shape index (κ1) is 13.2. The molecule has 0 bridgehead atoms. The number of carbonyl (C=O) groups is 1. The van der Waals surface area contributed by atoms with E-state index >= 15 is 0 Å². The molecule has 0 unspecified atom stereocenters. The third-order valence-corrected chi connectivity index (χ3v) is 4.12. The molecule has 0 aliphatic carbocycles. The highest BCUT2D eigenvalue weighted by Gasteiger charge is 2.20. The Hall–Kier alpha value is -1.79. The van der Waals surface area contributed by atoms with Gasteiger partial charge in [-0.3, -0.25) is 4.79 Å². The maximum Gasteiger partial charge on any atom is 0.265 e. The van der Waals surface area contributed by atoms with Gasteiger partial charge in [0.05, 0.1) is 19.4 Å². The summed E-state index contributed by atoms with van der Waals surface area (Å²) in [5.41, 5.74) is 0.691. The number of hydrogen-bond acceptors (Lipinski definition) is 4. The number of rotatable bonds is 2. The van der Waals surface area contributed by atoms with Crippen LogP contribution in [0.4, 0.5) is 4.39 Å². The number of hydrogen-bond donors (Lipinski definition) is 0. The van der Waals surface area contributed by atoms with Gasteiger partial charge >= 0.3 is 0 Å². The molecule has 4 nitrogen and oxygen atoms in total. The Bertz CT molecular complexity index is 623. The van der Waals surface area contributed by atoms with E-state index in [0.717, 1.165) is 0 Å². The van der Waals surface area contributed by atoms with Gasteiger partial charge < -0.3 is 9.64 Å². The molecule has 1 amide bonds. The summed E-state index contributed by atoms with van der Waals surface area (Å²) >= 11 is 1.29. The monoisotopic (exact) mass is 292 g/mol. The highest BCUT2D eigenvalue weighted by Crippen LogP contribution is 2.26. The predicted octanol–water partition coefficient (Wildman–Crippen LogP) is 2.42. The summed E-state index contributed by atoms with van der Waals surface area (Å²) in [7, 11) is 0. The zero-order valence-corrected chi connectivity index (χ0v) is 11.5. The standard InChI is InChI=1S/C14H13FN2O2S/c15-11-3-1-2-10(8-11)13-16-9-12(20-13)14(18)17-4-6-19-7-5-17/h1-3,8-9H,4-7H2. The average molecular weight is 292 g/mol. The second-order valence-electron chi connectivity index (χ2n) is 4.44. The summed E-state index contributed by atoms with van der Waals surface area (Å²) < 4.78 is 18.4. The summed E-state index contributed by atoms with van der Waals surface area (Å²) in [4.78, 5) is 18.8. The Morgan fingerprint density at radius 1 is 1.35 bits per heavy atom. The minimum Gasteiger partial charge on any atom is -0.378 e. The third kappa shape index (κ3) is 2.71. The molecule has 3 rings (SSSR count). The van der Waals surface area contributed by atoms with Crippen LogP contribution in [0.15, 0.2) is 30.5 Å². The summed E-state index contributed by atoms with van der Waals surface area (Å²) in [5, 5.41) is 0.654. The summed E-state index contributed by atoms with van der Waals surface area (Å²) in [6.07, 6.45) is 1.56. The molecule has 0 spiro atoms. The van der Waals surface area contributed by atoms with Gasteiger partial charge in [-0.05, 0) is 12.1 Å². The lowest BCUT2D eigenvalue weighted by Gasteiger charge is -2.26. The normalized spacial score (nSPS) is 15.3. The van der Waals surface area contributed by atoms with Crippen molar-refractivity contribution in [3.8, 4) is 10.6 Å². The molecule has 0 saturated carbocycles. The number of carbonyl (C=O) groups excluding carboxylic acids is 1. The van der Waals surface area contributed by atoms with E-state index in [1.165, 1.54) is 23.5 Å². The highest BCUT2D eigenvalue weighted by atomic mass is 32.1. The van der Waals surface area contributed by atoms with Crippen LogP contribution in [0.25, 0.3) is 10.6 Å². The fourth-order valence-corrected chi connectivity index (χ4v) is 2.93. The van der Waals surface area contributed by atoms with Crippen molar-refractivity contribution in [1.82, 2.24) is 9.88 Å². The molecule has 2 heterocycles. The Morgan fingerprint density at radius 2 is 2.15 bits per heavy atom. The van der Waals surface area contributed by atoms with Crippen molar-refractivity contribution in [3.63, 3.8) is 0 Å². The zero-order valence-electron chi connectivity index (χ0n) is 10.7. The molecule has 20 heavy (non-hydrogen) atoms. The van der Waals surface area contributed by atoms with E-state index in [0.29, 0.717) is 41.8 Å². The van der Waals surface area contributed by atoms with E-state index in [2.05, 4.69) is 4.98 Å². The fraction of sp³-hybridized carbons (Fsp3) is 0.286. The number of morpholine rings is 1.